The highest BCUT2D eigenvalue weighted by Crippen LogP contribution is 2.38. The first-order chi connectivity index (χ1) is 13.7. The predicted octanol–water partition coefficient (Wildman–Crippen LogP) is 3.34. The first-order valence-corrected chi connectivity index (χ1v) is 10.2. The highest BCUT2D eigenvalue weighted by atomic mass is 16.5. The third-order valence-corrected chi connectivity index (χ3v) is 5.70. The van der Waals surface area contributed by atoms with Gasteiger partial charge in [0.05, 0.1) is 36.6 Å². The van der Waals surface area contributed by atoms with Crippen molar-refractivity contribution < 1.29 is 19.3 Å². The molecule has 0 radical (unpaired) electrons. The summed E-state index contributed by atoms with van der Waals surface area (Å²) in [5.41, 5.74) is 4.00. The molecule has 1 aromatic heterocycles. The van der Waals surface area contributed by atoms with Gasteiger partial charge in [-0.25, -0.2) is 0 Å². The monoisotopic (exact) mass is 386 g/mol. The number of fused-ring (bicyclic) bond motifs is 1. The fourth-order valence-corrected chi connectivity index (χ4v) is 4.43. The Morgan fingerprint density at radius 3 is 2.79 bits per heavy atom. The van der Waals surface area contributed by atoms with E-state index in [1.807, 2.05) is 0 Å². The molecule has 1 aromatic carbocycles. The summed E-state index contributed by atoms with van der Waals surface area (Å²) in [5.74, 6) is 0.751. The number of rotatable bonds is 6. The maximum atomic E-state index is 11.2. The van der Waals surface area contributed by atoms with Crippen LogP contribution in [-0.4, -0.2) is 62.1 Å². The van der Waals surface area contributed by atoms with Crippen LogP contribution in [0.15, 0.2) is 23.2 Å². The molecule has 1 atom stereocenters. The largest absolute Gasteiger partial charge is 0.494 e. The summed E-state index contributed by atoms with van der Waals surface area (Å²) in [6.45, 7) is 6.13. The maximum absolute atomic E-state index is 11.2. The zero-order chi connectivity index (χ0) is 19.5. The zero-order valence-electron chi connectivity index (χ0n) is 16.8. The second-order valence-electron chi connectivity index (χ2n) is 7.91. The molecular weight excluding hydrogens is 356 g/mol. The van der Waals surface area contributed by atoms with E-state index in [1.165, 1.54) is 5.56 Å². The van der Waals surface area contributed by atoms with Gasteiger partial charge in [-0.1, -0.05) is 13.0 Å². The van der Waals surface area contributed by atoms with Crippen LogP contribution >= 0.6 is 0 Å². The normalized spacial score (nSPS) is 19.7. The molecule has 2 aliphatic heterocycles. The smallest absolute Gasteiger partial charge is 0.201 e. The van der Waals surface area contributed by atoms with Crippen molar-refractivity contribution in [2.24, 2.45) is 10.9 Å². The average Bonchev–Trinajstić information content (AvgIpc) is 3.00. The van der Waals surface area contributed by atoms with Gasteiger partial charge < -0.3 is 23.9 Å². The van der Waals surface area contributed by atoms with Crippen LogP contribution in [0.3, 0.4) is 0 Å². The van der Waals surface area contributed by atoms with Gasteiger partial charge in [0.25, 0.3) is 0 Å². The minimum Gasteiger partial charge on any atom is -0.494 e. The van der Waals surface area contributed by atoms with Gasteiger partial charge in [0.2, 0.25) is 5.88 Å². The van der Waals surface area contributed by atoms with Crippen molar-refractivity contribution in [1.82, 2.24) is 4.57 Å². The molecule has 2 aliphatic rings. The topological polar surface area (TPSA) is 65.2 Å². The molecule has 0 aliphatic carbocycles. The lowest BCUT2D eigenvalue weighted by atomic mass is 9.98. The van der Waals surface area contributed by atoms with Crippen molar-refractivity contribution in [3.63, 3.8) is 0 Å². The standard InChI is InChI=1S/C22H30N2O4/c1-15(13-26-2)11-16-3-4-20-18(12-16)21(19-14-28-10-7-23-19)22(25)24(20)17-5-8-27-9-6-17/h3-4,12,15,17,25H,5-11,13-14H2,1-2H3. The van der Waals surface area contributed by atoms with E-state index in [0.29, 0.717) is 31.6 Å². The minimum absolute atomic E-state index is 0.244. The number of hydrogen-bond donors (Lipinski definition) is 1. The van der Waals surface area contributed by atoms with E-state index >= 15 is 0 Å². The third kappa shape index (κ3) is 3.81. The summed E-state index contributed by atoms with van der Waals surface area (Å²) in [6.07, 6.45) is 2.76. The Labute approximate surface area is 166 Å². The van der Waals surface area contributed by atoms with Gasteiger partial charge in [0.1, 0.15) is 0 Å². The Morgan fingerprint density at radius 1 is 1.25 bits per heavy atom. The first kappa shape index (κ1) is 19.4. The van der Waals surface area contributed by atoms with Gasteiger partial charge >= 0.3 is 0 Å². The Balaban J connectivity index is 1.80. The van der Waals surface area contributed by atoms with E-state index in [4.69, 9.17) is 14.2 Å². The van der Waals surface area contributed by atoms with Crippen LogP contribution in [0.2, 0.25) is 0 Å². The van der Waals surface area contributed by atoms with Crippen LogP contribution in [0.25, 0.3) is 10.9 Å². The highest BCUT2D eigenvalue weighted by molar-refractivity contribution is 6.14. The van der Waals surface area contributed by atoms with E-state index in [-0.39, 0.29) is 6.04 Å². The molecule has 1 fully saturated rings. The van der Waals surface area contributed by atoms with E-state index < -0.39 is 0 Å². The molecule has 2 aromatic rings. The molecule has 0 spiro atoms. The molecule has 152 valence electrons. The van der Waals surface area contributed by atoms with E-state index in [1.54, 1.807) is 7.11 Å². The van der Waals surface area contributed by atoms with Crippen LogP contribution < -0.4 is 0 Å². The van der Waals surface area contributed by atoms with Gasteiger partial charge in [-0.15, -0.1) is 0 Å². The van der Waals surface area contributed by atoms with Crippen LogP contribution in [0.5, 0.6) is 5.88 Å². The molecule has 0 bridgehead atoms. The fourth-order valence-electron chi connectivity index (χ4n) is 4.43. The van der Waals surface area contributed by atoms with Gasteiger partial charge in [-0.05, 0) is 42.9 Å². The molecule has 3 heterocycles. The van der Waals surface area contributed by atoms with Crippen molar-refractivity contribution in [2.75, 3.05) is 46.7 Å². The number of benzene rings is 1. The van der Waals surface area contributed by atoms with Crippen molar-refractivity contribution in [1.29, 1.82) is 0 Å². The summed E-state index contributed by atoms with van der Waals surface area (Å²) in [5, 5.41) is 12.3. The summed E-state index contributed by atoms with van der Waals surface area (Å²) in [4.78, 5) is 4.66. The second kappa shape index (κ2) is 8.64. The fraction of sp³-hybridized carbons (Fsp3) is 0.591. The molecular formula is C22H30N2O4. The quantitative estimate of drug-likeness (QED) is 0.827. The zero-order valence-corrected chi connectivity index (χ0v) is 16.8. The lowest BCUT2D eigenvalue weighted by molar-refractivity contribution is 0.0688. The molecule has 6 nitrogen and oxygen atoms in total. The number of nitrogens with zero attached hydrogens (tertiary/aromatic N) is 2. The van der Waals surface area contributed by atoms with Gasteiger partial charge in [0.15, 0.2) is 0 Å². The molecule has 6 heteroatoms. The lowest BCUT2D eigenvalue weighted by Gasteiger charge is -2.25. The number of aromatic hydroxyl groups is 1. The van der Waals surface area contributed by atoms with Crippen molar-refractivity contribution >= 4 is 16.6 Å². The van der Waals surface area contributed by atoms with E-state index in [9.17, 15) is 5.11 Å². The molecule has 4 rings (SSSR count). The molecule has 1 N–H and O–H groups in total. The first-order valence-electron chi connectivity index (χ1n) is 10.2. The van der Waals surface area contributed by atoms with Crippen molar-refractivity contribution in [3.8, 4) is 5.88 Å². The SMILES string of the molecule is COCC(C)Cc1ccc2c(c1)c(C1=NCCOC1)c(O)n2C1CCOCC1. The van der Waals surface area contributed by atoms with Gasteiger partial charge in [-0.3, -0.25) is 4.99 Å². The number of aliphatic imine (C=N–C) groups is 1. The van der Waals surface area contributed by atoms with Crippen LogP contribution in [-0.2, 0) is 20.6 Å². The van der Waals surface area contributed by atoms with E-state index in [0.717, 1.165) is 61.3 Å². The Kier molecular flexibility index (Phi) is 5.99. The highest BCUT2D eigenvalue weighted by Gasteiger charge is 2.27. The Morgan fingerprint density at radius 2 is 2.07 bits per heavy atom. The Hall–Kier alpha value is -1.89. The number of methoxy groups -OCH3 is 1. The van der Waals surface area contributed by atoms with Crippen LogP contribution in [0.1, 0.15) is 36.9 Å². The van der Waals surface area contributed by atoms with E-state index in [2.05, 4.69) is 34.7 Å². The van der Waals surface area contributed by atoms with Gasteiger partial charge in [0, 0.05) is 38.4 Å². The van der Waals surface area contributed by atoms with Crippen molar-refractivity contribution in [3.05, 3.63) is 29.3 Å². The molecule has 1 unspecified atom stereocenters. The van der Waals surface area contributed by atoms with Crippen LogP contribution in [0, 0.1) is 5.92 Å². The number of hydrogen-bond acceptors (Lipinski definition) is 5. The Bertz CT molecular complexity index is 852. The summed E-state index contributed by atoms with van der Waals surface area (Å²) >= 11 is 0. The number of ether oxygens (including phenoxy) is 3. The lowest BCUT2D eigenvalue weighted by Crippen LogP contribution is -2.20. The minimum atomic E-state index is 0.244. The second-order valence-corrected chi connectivity index (χ2v) is 7.91. The molecule has 1 saturated heterocycles. The third-order valence-electron chi connectivity index (χ3n) is 5.70. The number of aromatic nitrogens is 1. The predicted molar refractivity (Wildman–Crippen MR) is 110 cm³/mol. The summed E-state index contributed by atoms with van der Waals surface area (Å²) in [6, 6.07) is 6.77. The molecule has 0 amide bonds. The van der Waals surface area contributed by atoms with Gasteiger partial charge in [-0.2, -0.15) is 0 Å². The molecule has 0 saturated carbocycles. The van der Waals surface area contributed by atoms with Crippen LogP contribution in [0.4, 0.5) is 0 Å². The summed E-state index contributed by atoms with van der Waals surface area (Å²) < 4.78 is 18.5. The molecule has 28 heavy (non-hydrogen) atoms. The summed E-state index contributed by atoms with van der Waals surface area (Å²) in [7, 11) is 1.74. The maximum Gasteiger partial charge on any atom is 0.201 e. The van der Waals surface area contributed by atoms with Crippen molar-refractivity contribution in [2.45, 2.75) is 32.2 Å². The average molecular weight is 386 g/mol.